The first-order valence-electron chi connectivity index (χ1n) is 7.16. The van der Waals surface area contributed by atoms with Crippen molar-refractivity contribution in [3.05, 3.63) is 17.3 Å². The molecule has 3 rings (SSSR count). The van der Waals surface area contributed by atoms with Crippen LogP contribution in [0.5, 0.6) is 0 Å². The summed E-state index contributed by atoms with van der Waals surface area (Å²) in [6.45, 7) is 4.56. The van der Waals surface area contributed by atoms with Gasteiger partial charge in [-0.3, -0.25) is 4.79 Å². The second kappa shape index (κ2) is 5.03. The van der Waals surface area contributed by atoms with Crippen molar-refractivity contribution in [2.45, 2.75) is 38.5 Å². The van der Waals surface area contributed by atoms with Gasteiger partial charge in [-0.2, -0.15) is 13.2 Å². The first-order valence-corrected chi connectivity index (χ1v) is 7.16. The Hall–Kier alpha value is -1.99. The molecule has 2 N–H and O–H groups in total. The summed E-state index contributed by atoms with van der Waals surface area (Å²) in [6.07, 6.45) is -3.48. The highest BCUT2D eigenvalue weighted by Gasteiger charge is 2.38. The fraction of sp³-hybridized carbons (Fsp3) is 0.571. The average Bonchev–Trinajstić information content (AvgIpc) is 2.78. The molecule has 1 aromatic heterocycles. The lowest BCUT2D eigenvalue weighted by atomic mass is 10.1. The van der Waals surface area contributed by atoms with Crippen molar-refractivity contribution in [1.29, 1.82) is 0 Å². The number of carbonyl (C=O) groups excluding carboxylic acids is 1. The van der Waals surface area contributed by atoms with E-state index in [-0.39, 0.29) is 11.7 Å². The molecule has 8 heteroatoms. The molecule has 1 fully saturated rings. The molecule has 1 saturated heterocycles. The molecule has 0 unspecified atom stereocenters. The molecule has 2 bridgehead atoms. The Bertz CT molecular complexity index is 617. The van der Waals surface area contributed by atoms with Gasteiger partial charge < -0.3 is 15.5 Å². The predicted molar refractivity (Wildman–Crippen MR) is 76.2 cm³/mol. The molecule has 22 heavy (non-hydrogen) atoms. The molecule has 3 heterocycles. The van der Waals surface area contributed by atoms with E-state index in [1.165, 1.54) is 6.07 Å². The number of hydrogen-bond acceptors (Lipinski definition) is 4. The van der Waals surface area contributed by atoms with Gasteiger partial charge in [0, 0.05) is 19.1 Å². The third-order valence-corrected chi connectivity index (χ3v) is 4.10. The van der Waals surface area contributed by atoms with Crippen LogP contribution in [0.4, 0.5) is 24.7 Å². The minimum absolute atomic E-state index is 0.00218. The number of amides is 1. The topological polar surface area (TPSA) is 57.3 Å². The summed E-state index contributed by atoms with van der Waals surface area (Å²) >= 11 is 0. The molecular formula is C14H17F3N4O. The third-order valence-electron chi connectivity index (χ3n) is 4.10. The molecule has 0 saturated carbocycles. The van der Waals surface area contributed by atoms with E-state index in [2.05, 4.69) is 15.2 Å². The zero-order valence-electron chi connectivity index (χ0n) is 12.3. The first kappa shape index (κ1) is 14.9. The number of rotatable bonds is 2. The molecule has 2 atom stereocenters. The van der Waals surface area contributed by atoms with Crippen LogP contribution in [0.15, 0.2) is 6.07 Å². The summed E-state index contributed by atoms with van der Waals surface area (Å²) in [4.78, 5) is 18.4. The number of aromatic nitrogens is 1. The SMILES string of the molecule is Cc1cc(C(=O)N[C@H](C)C(F)(F)F)nc2c1N1CC[C@@H](C1)N2. The van der Waals surface area contributed by atoms with Gasteiger partial charge in [-0.15, -0.1) is 0 Å². The Balaban J connectivity index is 1.86. The van der Waals surface area contributed by atoms with E-state index in [0.29, 0.717) is 5.82 Å². The molecular weight excluding hydrogens is 297 g/mol. The maximum absolute atomic E-state index is 12.5. The highest BCUT2D eigenvalue weighted by atomic mass is 19.4. The van der Waals surface area contributed by atoms with Crippen LogP contribution in [-0.4, -0.2) is 42.2 Å². The summed E-state index contributed by atoms with van der Waals surface area (Å²) in [5, 5.41) is 5.19. The van der Waals surface area contributed by atoms with Crippen molar-refractivity contribution in [1.82, 2.24) is 10.3 Å². The predicted octanol–water partition coefficient (Wildman–Crippen LogP) is 2.07. The Morgan fingerprint density at radius 3 is 2.95 bits per heavy atom. The molecule has 1 aromatic rings. The molecule has 5 nitrogen and oxygen atoms in total. The van der Waals surface area contributed by atoms with Gasteiger partial charge in [-0.1, -0.05) is 0 Å². The van der Waals surface area contributed by atoms with Gasteiger partial charge in [0.25, 0.3) is 5.91 Å². The Kier molecular flexibility index (Phi) is 3.41. The van der Waals surface area contributed by atoms with E-state index in [9.17, 15) is 18.0 Å². The summed E-state index contributed by atoms with van der Waals surface area (Å²) in [6, 6.07) is -0.0877. The highest BCUT2D eigenvalue weighted by molar-refractivity contribution is 5.94. The highest BCUT2D eigenvalue weighted by Crippen LogP contribution is 2.37. The number of nitrogens with zero attached hydrogens (tertiary/aromatic N) is 2. The van der Waals surface area contributed by atoms with Crippen LogP contribution in [0, 0.1) is 6.92 Å². The number of carbonyl (C=O) groups is 1. The summed E-state index contributed by atoms with van der Waals surface area (Å²) < 4.78 is 37.6. The first-order chi connectivity index (χ1) is 10.3. The molecule has 120 valence electrons. The average molecular weight is 314 g/mol. The molecule has 2 aliphatic heterocycles. The summed E-state index contributed by atoms with van der Waals surface area (Å²) in [7, 11) is 0. The smallest absolute Gasteiger partial charge is 0.366 e. The van der Waals surface area contributed by atoms with E-state index in [1.807, 2.05) is 12.2 Å². The van der Waals surface area contributed by atoms with Crippen LogP contribution in [0.3, 0.4) is 0 Å². The number of fused-ring (bicyclic) bond motifs is 4. The van der Waals surface area contributed by atoms with Crippen molar-refractivity contribution in [3.8, 4) is 0 Å². The van der Waals surface area contributed by atoms with E-state index >= 15 is 0 Å². The normalized spacial score (nSPS) is 21.1. The van der Waals surface area contributed by atoms with Crippen molar-refractivity contribution >= 4 is 17.4 Å². The quantitative estimate of drug-likeness (QED) is 0.877. The van der Waals surface area contributed by atoms with Gasteiger partial charge in [0.1, 0.15) is 11.7 Å². The van der Waals surface area contributed by atoms with E-state index in [4.69, 9.17) is 0 Å². The van der Waals surface area contributed by atoms with Gasteiger partial charge in [0.2, 0.25) is 0 Å². The standard InChI is InChI=1S/C14H17F3N4O/c1-7-5-10(13(22)18-8(2)14(15,16)17)20-12-11(7)21-4-3-9(6-21)19-12/h5,8-9H,3-4,6H2,1-2H3,(H,18,22)(H,19,20)/t8-,9+/m1/s1. The zero-order chi connectivity index (χ0) is 16.1. The van der Waals surface area contributed by atoms with Gasteiger partial charge in [0.15, 0.2) is 5.82 Å². The number of hydrogen-bond donors (Lipinski definition) is 2. The lowest BCUT2D eigenvalue weighted by Gasteiger charge is -2.29. The number of anilines is 2. The molecule has 0 radical (unpaired) electrons. The number of nitrogens with one attached hydrogen (secondary N) is 2. The van der Waals surface area contributed by atoms with Crippen LogP contribution in [0.25, 0.3) is 0 Å². The van der Waals surface area contributed by atoms with E-state index in [0.717, 1.165) is 37.7 Å². The van der Waals surface area contributed by atoms with Gasteiger partial charge in [-0.25, -0.2) is 4.98 Å². The fourth-order valence-corrected chi connectivity index (χ4v) is 2.91. The number of halogens is 3. The Morgan fingerprint density at radius 2 is 2.27 bits per heavy atom. The summed E-state index contributed by atoms with van der Waals surface area (Å²) in [5.41, 5.74) is 1.78. The zero-order valence-corrected chi connectivity index (χ0v) is 12.3. The lowest BCUT2D eigenvalue weighted by molar-refractivity contribution is -0.149. The minimum Gasteiger partial charge on any atom is -0.366 e. The third kappa shape index (κ3) is 2.57. The maximum Gasteiger partial charge on any atom is 0.408 e. The molecule has 1 amide bonds. The van der Waals surface area contributed by atoms with Crippen molar-refractivity contribution < 1.29 is 18.0 Å². The van der Waals surface area contributed by atoms with Gasteiger partial charge >= 0.3 is 6.18 Å². The molecule has 0 spiro atoms. The van der Waals surface area contributed by atoms with Crippen LogP contribution in [0.2, 0.25) is 0 Å². The van der Waals surface area contributed by atoms with E-state index < -0.39 is 18.1 Å². The van der Waals surface area contributed by atoms with Crippen LogP contribution < -0.4 is 15.5 Å². The maximum atomic E-state index is 12.5. The van der Waals surface area contributed by atoms with Crippen molar-refractivity contribution in [2.24, 2.45) is 0 Å². The van der Waals surface area contributed by atoms with Gasteiger partial charge in [0.05, 0.1) is 5.69 Å². The Morgan fingerprint density at radius 1 is 1.55 bits per heavy atom. The lowest BCUT2D eigenvalue weighted by Crippen LogP contribution is -2.43. The second-order valence-corrected chi connectivity index (χ2v) is 5.83. The Labute approximate surface area is 125 Å². The summed E-state index contributed by atoms with van der Waals surface area (Å²) in [5.74, 6) is -0.232. The monoisotopic (exact) mass is 314 g/mol. The van der Waals surface area contributed by atoms with Crippen LogP contribution >= 0.6 is 0 Å². The minimum atomic E-state index is -4.47. The molecule has 0 aromatic carbocycles. The van der Waals surface area contributed by atoms with E-state index in [1.54, 1.807) is 0 Å². The fourth-order valence-electron chi connectivity index (χ4n) is 2.91. The van der Waals surface area contributed by atoms with Crippen molar-refractivity contribution in [3.63, 3.8) is 0 Å². The second-order valence-electron chi connectivity index (χ2n) is 5.83. The number of alkyl halides is 3. The largest absolute Gasteiger partial charge is 0.408 e. The van der Waals surface area contributed by atoms with Crippen LogP contribution in [-0.2, 0) is 0 Å². The molecule has 0 aliphatic carbocycles. The van der Waals surface area contributed by atoms with Crippen molar-refractivity contribution in [2.75, 3.05) is 23.3 Å². The number of aryl methyl sites for hydroxylation is 1. The van der Waals surface area contributed by atoms with Crippen LogP contribution in [0.1, 0.15) is 29.4 Å². The number of pyridine rings is 1. The van der Waals surface area contributed by atoms with Gasteiger partial charge in [-0.05, 0) is 31.9 Å². The molecule has 2 aliphatic rings.